The largest absolute Gasteiger partial charge is 0.497 e. The zero-order chi connectivity index (χ0) is 13.8. The fourth-order valence-corrected chi connectivity index (χ4v) is 1.79. The van der Waals surface area contributed by atoms with E-state index in [0.29, 0.717) is 0 Å². The van der Waals surface area contributed by atoms with Gasteiger partial charge in [0, 0.05) is 17.9 Å². The molecule has 1 N–H and O–H groups in total. The van der Waals surface area contributed by atoms with Gasteiger partial charge < -0.3 is 14.3 Å². The molecule has 7 heteroatoms. The first-order chi connectivity index (χ1) is 8.05. The van der Waals surface area contributed by atoms with Crippen molar-refractivity contribution in [3.63, 3.8) is 0 Å². The lowest BCUT2D eigenvalue weighted by molar-refractivity contribution is -0.136. The Morgan fingerprint density at radius 1 is 1.06 bits per heavy atom. The number of alkyl halides is 3. The molecular formula is C11H15BF3NO2. The van der Waals surface area contributed by atoms with E-state index in [1.54, 1.807) is 27.7 Å². The van der Waals surface area contributed by atoms with Gasteiger partial charge in [-0.05, 0) is 27.7 Å². The molecule has 18 heavy (non-hydrogen) atoms. The fourth-order valence-electron chi connectivity index (χ4n) is 1.79. The second-order valence-corrected chi connectivity index (χ2v) is 5.41. The van der Waals surface area contributed by atoms with Gasteiger partial charge in [0.25, 0.3) is 0 Å². The monoisotopic (exact) mass is 261 g/mol. The van der Waals surface area contributed by atoms with E-state index in [1.165, 1.54) is 6.20 Å². The Labute approximate surface area is 104 Å². The standard InChI is InChI=1S/C11H15BF3NO2/c1-9(2)10(3,4)18-12(17-9)8-6-16-5-7(8)11(13,14)15/h5-6,16H,1-4H3. The summed E-state index contributed by atoms with van der Waals surface area (Å²) in [7, 11) is -1.00. The SMILES string of the molecule is CC1(C)OB(c2c[nH]cc2C(F)(F)F)OC1(C)C. The summed E-state index contributed by atoms with van der Waals surface area (Å²) in [5.41, 5.74) is -2.07. The highest BCUT2D eigenvalue weighted by Crippen LogP contribution is 2.38. The van der Waals surface area contributed by atoms with Crippen LogP contribution in [0.5, 0.6) is 0 Å². The first-order valence-electron chi connectivity index (χ1n) is 5.64. The van der Waals surface area contributed by atoms with Crippen LogP contribution in [0.25, 0.3) is 0 Å². The summed E-state index contributed by atoms with van der Waals surface area (Å²) in [5.74, 6) is 0. The Balaban J connectivity index is 2.34. The molecular weight excluding hydrogens is 246 g/mol. The predicted molar refractivity (Wildman–Crippen MR) is 61.5 cm³/mol. The van der Waals surface area contributed by atoms with Crippen LogP contribution in [-0.2, 0) is 15.5 Å². The Hall–Kier alpha value is -0.945. The molecule has 0 aromatic carbocycles. The number of hydrogen-bond acceptors (Lipinski definition) is 2. The molecule has 1 aromatic heterocycles. The van der Waals surface area contributed by atoms with Gasteiger partial charge >= 0.3 is 13.3 Å². The topological polar surface area (TPSA) is 34.2 Å². The number of aromatic nitrogens is 1. The average molecular weight is 261 g/mol. The van der Waals surface area contributed by atoms with E-state index >= 15 is 0 Å². The molecule has 1 fully saturated rings. The van der Waals surface area contributed by atoms with Crippen molar-refractivity contribution in [2.45, 2.75) is 45.1 Å². The van der Waals surface area contributed by atoms with Crippen molar-refractivity contribution in [1.82, 2.24) is 4.98 Å². The van der Waals surface area contributed by atoms with Crippen LogP contribution in [-0.4, -0.2) is 23.3 Å². The highest BCUT2D eigenvalue weighted by atomic mass is 19.4. The maximum atomic E-state index is 12.8. The minimum atomic E-state index is -4.42. The van der Waals surface area contributed by atoms with Crippen LogP contribution in [0.3, 0.4) is 0 Å². The number of halogens is 3. The molecule has 0 saturated carbocycles. The molecule has 0 amide bonds. The van der Waals surface area contributed by atoms with E-state index in [1.807, 2.05) is 0 Å². The van der Waals surface area contributed by atoms with Crippen molar-refractivity contribution in [3.05, 3.63) is 18.0 Å². The van der Waals surface area contributed by atoms with Crippen molar-refractivity contribution in [3.8, 4) is 0 Å². The first-order valence-corrected chi connectivity index (χ1v) is 5.64. The lowest BCUT2D eigenvalue weighted by atomic mass is 9.78. The van der Waals surface area contributed by atoms with Crippen molar-refractivity contribution in [1.29, 1.82) is 0 Å². The average Bonchev–Trinajstić information content (AvgIpc) is 2.68. The van der Waals surface area contributed by atoms with E-state index < -0.39 is 30.1 Å². The summed E-state index contributed by atoms with van der Waals surface area (Å²) in [5, 5.41) is 0. The number of nitrogens with one attached hydrogen (secondary N) is 1. The third-order valence-electron chi connectivity index (χ3n) is 3.59. The van der Waals surface area contributed by atoms with Crippen LogP contribution >= 0.6 is 0 Å². The van der Waals surface area contributed by atoms with Crippen molar-refractivity contribution in [2.75, 3.05) is 0 Å². The molecule has 0 bridgehead atoms. The highest BCUT2D eigenvalue weighted by Gasteiger charge is 2.53. The molecule has 1 saturated heterocycles. The fraction of sp³-hybridized carbons (Fsp3) is 0.636. The van der Waals surface area contributed by atoms with E-state index in [9.17, 15) is 13.2 Å². The quantitative estimate of drug-likeness (QED) is 0.787. The van der Waals surface area contributed by atoms with Gasteiger partial charge in [0.1, 0.15) is 0 Å². The zero-order valence-electron chi connectivity index (χ0n) is 10.7. The van der Waals surface area contributed by atoms with Gasteiger partial charge in [-0.2, -0.15) is 13.2 Å². The number of H-pyrrole nitrogens is 1. The summed E-state index contributed by atoms with van der Waals surface area (Å²) >= 11 is 0. The van der Waals surface area contributed by atoms with E-state index in [0.717, 1.165) is 6.20 Å². The summed E-state index contributed by atoms with van der Waals surface area (Å²) in [4.78, 5) is 2.46. The maximum absolute atomic E-state index is 12.8. The molecule has 0 aliphatic carbocycles. The summed E-state index contributed by atoms with van der Waals surface area (Å²) < 4.78 is 49.6. The molecule has 1 aliphatic heterocycles. The number of aromatic amines is 1. The molecule has 2 rings (SSSR count). The zero-order valence-corrected chi connectivity index (χ0v) is 10.7. The van der Waals surface area contributed by atoms with Crippen LogP contribution in [0.15, 0.2) is 12.4 Å². The summed E-state index contributed by atoms with van der Waals surface area (Å²) in [6.07, 6.45) is -2.23. The minimum Gasteiger partial charge on any atom is -0.399 e. The third kappa shape index (κ3) is 2.05. The molecule has 1 aromatic rings. The first kappa shape index (κ1) is 13.5. The van der Waals surface area contributed by atoms with Crippen LogP contribution in [0.1, 0.15) is 33.3 Å². The lowest BCUT2D eigenvalue weighted by Crippen LogP contribution is -2.41. The Morgan fingerprint density at radius 3 is 2.00 bits per heavy atom. The second-order valence-electron chi connectivity index (χ2n) is 5.41. The lowest BCUT2D eigenvalue weighted by Gasteiger charge is -2.32. The Bertz CT molecular complexity index is 437. The van der Waals surface area contributed by atoms with E-state index in [2.05, 4.69) is 4.98 Å². The van der Waals surface area contributed by atoms with Gasteiger partial charge in [0.2, 0.25) is 0 Å². The summed E-state index contributed by atoms with van der Waals surface area (Å²) in [6.45, 7) is 7.19. The minimum absolute atomic E-state index is 0.0128. The molecule has 0 atom stereocenters. The van der Waals surface area contributed by atoms with Crippen molar-refractivity contribution >= 4 is 12.6 Å². The highest BCUT2D eigenvalue weighted by molar-refractivity contribution is 6.62. The van der Waals surface area contributed by atoms with Gasteiger partial charge in [-0.1, -0.05) is 0 Å². The molecule has 2 heterocycles. The van der Waals surface area contributed by atoms with Crippen LogP contribution < -0.4 is 5.46 Å². The van der Waals surface area contributed by atoms with Gasteiger partial charge in [0.05, 0.1) is 16.8 Å². The maximum Gasteiger partial charge on any atom is 0.497 e. The van der Waals surface area contributed by atoms with Crippen LogP contribution in [0.2, 0.25) is 0 Å². The van der Waals surface area contributed by atoms with Gasteiger partial charge in [-0.25, -0.2) is 0 Å². The normalized spacial score (nSPS) is 22.5. The van der Waals surface area contributed by atoms with Gasteiger partial charge in [0.15, 0.2) is 0 Å². The molecule has 0 unspecified atom stereocenters. The van der Waals surface area contributed by atoms with E-state index in [-0.39, 0.29) is 5.46 Å². The van der Waals surface area contributed by atoms with Crippen LogP contribution in [0.4, 0.5) is 13.2 Å². The Morgan fingerprint density at radius 2 is 1.56 bits per heavy atom. The smallest absolute Gasteiger partial charge is 0.399 e. The van der Waals surface area contributed by atoms with Crippen molar-refractivity contribution in [2.24, 2.45) is 0 Å². The van der Waals surface area contributed by atoms with Gasteiger partial charge in [-0.3, -0.25) is 0 Å². The predicted octanol–water partition coefficient (Wildman–Crippen LogP) is 2.33. The molecule has 100 valence electrons. The van der Waals surface area contributed by atoms with Crippen molar-refractivity contribution < 1.29 is 22.5 Å². The third-order valence-corrected chi connectivity index (χ3v) is 3.59. The molecule has 1 aliphatic rings. The van der Waals surface area contributed by atoms with E-state index in [4.69, 9.17) is 9.31 Å². The Kier molecular flexibility index (Phi) is 2.83. The molecule has 0 spiro atoms. The second kappa shape index (κ2) is 3.77. The molecule has 3 nitrogen and oxygen atoms in total. The number of hydrogen-bond donors (Lipinski definition) is 1. The van der Waals surface area contributed by atoms with Gasteiger partial charge in [-0.15, -0.1) is 0 Å². The number of rotatable bonds is 1. The molecule has 0 radical (unpaired) electrons. The summed E-state index contributed by atoms with van der Waals surface area (Å²) in [6, 6.07) is 0. The van der Waals surface area contributed by atoms with Crippen LogP contribution in [0, 0.1) is 0 Å².